The van der Waals surface area contributed by atoms with Gasteiger partial charge in [0.25, 0.3) is 21.6 Å². The molecule has 0 unspecified atom stereocenters. The van der Waals surface area contributed by atoms with Gasteiger partial charge in [-0.1, -0.05) is 31.9 Å². The summed E-state index contributed by atoms with van der Waals surface area (Å²) in [6, 6.07) is 13.1. The molecule has 340 valence electrons. The van der Waals surface area contributed by atoms with Crippen LogP contribution in [-0.4, -0.2) is 99.2 Å². The van der Waals surface area contributed by atoms with Gasteiger partial charge in [0.2, 0.25) is 5.88 Å². The first-order valence-corrected chi connectivity index (χ1v) is 24.5. The molecule has 0 spiro atoms. The van der Waals surface area contributed by atoms with Gasteiger partial charge in [-0.05, 0) is 123 Å². The number of benzene rings is 2. The van der Waals surface area contributed by atoms with Crippen molar-refractivity contribution in [2.24, 2.45) is 22.2 Å². The number of rotatable bonds is 12. The first kappa shape index (κ1) is 42.7. The van der Waals surface area contributed by atoms with Crippen molar-refractivity contribution in [1.82, 2.24) is 19.6 Å². The van der Waals surface area contributed by atoms with E-state index in [9.17, 15) is 23.3 Å². The predicted octanol–water partition coefficient (Wildman–Crippen LogP) is 8.17. The number of amides is 1. The van der Waals surface area contributed by atoms with Gasteiger partial charge in [0.1, 0.15) is 23.1 Å². The maximum Gasteiger partial charge on any atom is 0.293 e. The van der Waals surface area contributed by atoms with Gasteiger partial charge in [0.05, 0.1) is 27.6 Å². The first-order valence-electron chi connectivity index (χ1n) is 23.0. The summed E-state index contributed by atoms with van der Waals surface area (Å²) >= 11 is 0. The third kappa shape index (κ3) is 8.10. The van der Waals surface area contributed by atoms with Crippen molar-refractivity contribution in [1.29, 1.82) is 0 Å². The maximum absolute atomic E-state index is 14.4. The van der Waals surface area contributed by atoms with Crippen LogP contribution in [0.4, 0.5) is 28.4 Å². The molecule has 3 N–H and O–H groups in total. The second-order valence-corrected chi connectivity index (χ2v) is 22.3. The highest BCUT2D eigenvalue weighted by atomic mass is 32.2. The topological polar surface area (TPSA) is 175 Å². The van der Waals surface area contributed by atoms with E-state index in [0.717, 1.165) is 62.7 Å². The number of anilines is 4. The van der Waals surface area contributed by atoms with Crippen molar-refractivity contribution in [2.75, 3.05) is 74.1 Å². The van der Waals surface area contributed by atoms with Crippen molar-refractivity contribution in [3.63, 3.8) is 0 Å². The summed E-state index contributed by atoms with van der Waals surface area (Å²) < 4.78 is 41.8. The molecule has 2 aromatic heterocycles. The van der Waals surface area contributed by atoms with Gasteiger partial charge in [-0.2, -0.15) is 4.98 Å². The number of piperazine rings is 1. The van der Waals surface area contributed by atoms with E-state index in [-0.39, 0.29) is 33.9 Å². The summed E-state index contributed by atoms with van der Waals surface area (Å²) in [5.74, 6) is -0.176. The number of hydrogen-bond acceptors (Lipinski definition) is 12. The SMILES string of the molecule is C[C@@H]1CN(c2cc(N3CCN(CC4=C(C56CC(C)(C5)C6)CC(C)(C)CC4)CC3)ccc2C(=O)NS(=O)(=O)c2ccc(NCC3CCOCC3)c([N+](=O)[O-])c2)c2cc3cc[nH]c3nc2O1. The van der Waals surface area contributed by atoms with Crippen LogP contribution in [0.3, 0.4) is 0 Å². The van der Waals surface area contributed by atoms with Gasteiger partial charge in [-0.3, -0.25) is 19.8 Å². The third-order valence-corrected chi connectivity index (χ3v) is 16.3. The average molecular weight is 893 g/mol. The Kier molecular flexibility index (Phi) is 10.7. The van der Waals surface area contributed by atoms with Crippen LogP contribution in [0.1, 0.15) is 89.4 Å². The number of nitro groups is 1. The number of carbonyl (C=O) groups is 1. The zero-order valence-corrected chi connectivity index (χ0v) is 38.2. The van der Waals surface area contributed by atoms with E-state index in [1.54, 1.807) is 17.2 Å². The highest BCUT2D eigenvalue weighted by Crippen LogP contribution is 2.77. The van der Waals surface area contributed by atoms with Gasteiger partial charge in [-0.25, -0.2) is 13.1 Å². The van der Waals surface area contributed by atoms with Crippen molar-refractivity contribution < 1.29 is 27.6 Å². The van der Waals surface area contributed by atoms with Crippen molar-refractivity contribution in [2.45, 2.75) is 90.1 Å². The van der Waals surface area contributed by atoms with Gasteiger partial charge >= 0.3 is 0 Å². The van der Waals surface area contributed by atoms with Crippen molar-refractivity contribution in [3.05, 3.63) is 81.6 Å². The Bertz CT molecular complexity index is 2630. The van der Waals surface area contributed by atoms with Gasteiger partial charge in [-0.15, -0.1) is 0 Å². The number of aromatic amines is 1. The van der Waals surface area contributed by atoms with E-state index >= 15 is 0 Å². The molecule has 5 fully saturated rings. The zero-order chi connectivity index (χ0) is 44.6. The molecule has 3 aliphatic heterocycles. The Morgan fingerprint density at radius 2 is 1.77 bits per heavy atom. The summed E-state index contributed by atoms with van der Waals surface area (Å²) in [5.41, 5.74) is 7.54. The van der Waals surface area contributed by atoms with Crippen molar-refractivity contribution >= 4 is 55.4 Å². The minimum absolute atomic E-state index is 0.131. The standard InChI is InChI=1S/C48H60N8O7S/c1-31-26-55(42-21-33-10-14-49-43(33)51-45(42)63-31)40-22-35(54-17-15-53(16-18-54)27-34-9-13-46(2,3)24-38(34)48-28-47(4,29-48)30-48)5-7-37(40)44(57)52-64(60,61)36-6-8-39(41(23-36)56(58)59)50-25-32-11-19-62-20-12-32/h5-8,10,14,21-23,31-32,50H,9,11-13,15-20,24-30H2,1-4H3,(H,49,51)(H,52,57)/t31-,47?,48?/m1/s1. The van der Waals surface area contributed by atoms with Crippen LogP contribution in [0.5, 0.6) is 5.88 Å². The minimum Gasteiger partial charge on any atom is -0.471 e. The van der Waals surface area contributed by atoms with Gasteiger partial charge in [0, 0.05) is 75.8 Å². The molecule has 16 heteroatoms. The van der Waals surface area contributed by atoms with Crippen LogP contribution in [-0.2, 0) is 14.8 Å². The Morgan fingerprint density at radius 1 is 1.00 bits per heavy atom. The normalized spacial score (nSPS) is 25.8. The fraction of sp³-hybridized carbons (Fsp3) is 0.542. The number of nitrogens with zero attached hydrogens (tertiary/aromatic N) is 5. The van der Waals surface area contributed by atoms with E-state index in [1.165, 1.54) is 50.7 Å². The second kappa shape index (κ2) is 16.1. The van der Waals surface area contributed by atoms with Crippen molar-refractivity contribution in [3.8, 4) is 5.88 Å². The molecule has 0 radical (unpaired) electrons. The first-order chi connectivity index (χ1) is 30.6. The number of ether oxygens (including phenoxy) is 2. The van der Waals surface area contributed by atoms with Gasteiger partial charge in [0.15, 0.2) is 0 Å². The number of nitro benzene ring substituents is 1. The fourth-order valence-electron chi connectivity index (χ4n) is 11.7. The lowest BCUT2D eigenvalue weighted by Gasteiger charge is -2.72. The van der Waals surface area contributed by atoms with E-state index in [4.69, 9.17) is 14.5 Å². The van der Waals surface area contributed by atoms with Crippen LogP contribution in [0.15, 0.2) is 70.8 Å². The Labute approximate surface area is 375 Å². The van der Waals surface area contributed by atoms with E-state index in [1.807, 2.05) is 42.3 Å². The van der Waals surface area contributed by atoms with E-state index in [0.29, 0.717) is 65.5 Å². The molecule has 4 aliphatic carbocycles. The lowest BCUT2D eigenvalue weighted by atomic mass is 9.33. The molecule has 15 nitrogen and oxygen atoms in total. The third-order valence-electron chi connectivity index (χ3n) is 14.9. The Hall–Kier alpha value is -5.19. The fourth-order valence-corrected chi connectivity index (χ4v) is 12.7. The molecule has 2 saturated heterocycles. The highest BCUT2D eigenvalue weighted by molar-refractivity contribution is 7.90. The van der Waals surface area contributed by atoms with Crippen LogP contribution in [0.25, 0.3) is 11.0 Å². The number of sulfonamides is 1. The summed E-state index contributed by atoms with van der Waals surface area (Å²) in [4.78, 5) is 40.4. The molecular formula is C48H60N8O7S. The number of hydrogen-bond donors (Lipinski definition) is 3. The molecule has 3 saturated carbocycles. The largest absolute Gasteiger partial charge is 0.471 e. The lowest BCUT2D eigenvalue weighted by Crippen LogP contribution is -2.61. The summed E-state index contributed by atoms with van der Waals surface area (Å²) in [6.07, 6.45) is 10.9. The Balaban J connectivity index is 0.916. The number of H-pyrrole nitrogens is 1. The number of pyridine rings is 1. The molecule has 2 aromatic carbocycles. The number of allylic oxidation sites excluding steroid dienone is 1. The Morgan fingerprint density at radius 3 is 2.50 bits per heavy atom. The second-order valence-electron chi connectivity index (χ2n) is 20.6. The summed E-state index contributed by atoms with van der Waals surface area (Å²) in [7, 11) is -4.55. The smallest absolute Gasteiger partial charge is 0.293 e. The number of aromatic nitrogens is 2. The maximum atomic E-state index is 14.4. The average Bonchev–Trinajstić information content (AvgIpc) is 3.71. The lowest BCUT2D eigenvalue weighted by molar-refractivity contribution is -0.384. The van der Waals surface area contributed by atoms with Gasteiger partial charge < -0.3 is 29.6 Å². The quantitative estimate of drug-likeness (QED) is 0.0708. The summed E-state index contributed by atoms with van der Waals surface area (Å²) in [5, 5.41) is 16.2. The highest BCUT2D eigenvalue weighted by Gasteiger charge is 2.66. The number of nitrogens with one attached hydrogen (secondary N) is 3. The molecule has 5 heterocycles. The monoisotopic (exact) mass is 892 g/mol. The molecule has 7 aliphatic rings. The molecule has 1 amide bonds. The van der Waals surface area contributed by atoms with Crippen LogP contribution < -0.4 is 24.6 Å². The van der Waals surface area contributed by atoms with Crippen LogP contribution in [0.2, 0.25) is 0 Å². The number of fused-ring (bicyclic) bond motifs is 2. The predicted molar refractivity (Wildman–Crippen MR) is 247 cm³/mol. The number of carbonyl (C=O) groups excluding carboxylic acids is 1. The molecule has 64 heavy (non-hydrogen) atoms. The van der Waals surface area contributed by atoms with Crippen LogP contribution in [0, 0.1) is 32.3 Å². The molecule has 11 rings (SSSR count). The summed E-state index contributed by atoms with van der Waals surface area (Å²) in [6.45, 7) is 15.8. The zero-order valence-electron chi connectivity index (χ0n) is 37.4. The molecular weight excluding hydrogens is 833 g/mol. The minimum atomic E-state index is -4.55. The molecule has 4 aromatic rings. The van der Waals surface area contributed by atoms with Crippen LogP contribution >= 0.6 is 0 Å². The molecule has 1 atom stereocenters. The van der Waals surface area contributed by atoms with E-state index in [2.05, 4.69) is 45.6 Å². The molecule has 2 bridgehead atoms. The van der Waals surface area contributed by atoms with E-state index < -0.39 is 20.9 Å².